The SMILES string of the molecule is CCCO[C](C1COC1)C([SiH3])(OCCC)OCCC. The molecule has 1 fully saturated rings. The first-order chi connectivity index (χ1) is 9.18. The van der Waals surface area contributed by atoms with Crippen molar-refractivity contribution < 1.29 is 18.9 Å². The Balaban J connectivity index is 2.68. The minimum Gasteiger partial charge on any atom is -0.380 e. The van der Waals surface area contributed by atoms with E-state index in [0.717, 1.165) is 55.4 Å². The second-order valence-electron chi connectivity index (χ2n) is 5.09. The summed E-state index contributed by atoms with van der Waals surface area (Å²) in [6, 6.07) is 0. The maximum atomic E-state index is 6.02. The van der Waals surface area contributed by atoms with Gasteiger partial charge in [0.2, 0.25) is 0 Å². The molecular formula is C14H29O4Si. The van der Waals surface area contributed by atoms with Gasteiger partial charge in [0.25, 0.3) is 0 Å². The maximum Gasteiger partial charge on any atom is 0.172 e. The van der Waals surface area contributed by atoms with E-state index in [1.807, 2.05) is 0 Å². The summed E-state index contributed by atoms with van der Waals surface area (Å²) < 4.78 is 23.3. The van der Waals surface area contributed by atoms with Crippen molar-refractivity contribution >= 4 is 10.2 Å². The molecule has 0 atom stereocenters. The first-order valence-corrected chi connectivity index (χ1v) is 8.53. The van der Waals surface area contributed by atoms with Crippen LogP contribution in [-0.2, 0) is 18.9 Å². The van der Waals surface area contributed by atoms with Gasteiger partial charge in [0, 0.05) is 25.7 Å². The van der Waals surface area contributed by atoms with E-state index in [0.29, 0.717) is 19.1 Å². The highest BCUT2D eigenvalue weighted by Crippen LogP contribution is 2.35. The average Bonchev–Trinajstić information content (AvgIpc) is 2.36. The lowest BCUT2D eigenvalue weighted by molar-refractivity contribution is -0.227. The second kappa shape index (κ2) is 9.08. The summed E-state index contributed by atoms with van der Waals surface area (Å²) in [5.41, 5.74) is -0.602. The molecule has 1 aliphatic rings. The molecule has 1 rings (SSSR count). The number of hydrogen-bond donors (Lipinski definition) is 0. The molecule has 1 aliphatic heterocycles. The summed E-state index contributed by atoms with van der Waals surface area (Å²) in [7, 11) is 0.771. The molecule has 4 nitrogen and oxygen atoms in total. The Bertz CT molecular complexity index is 225. The van der Waals surface area contributed by atoms with Crippen molar-refractivity contribution in [1.82, 2.24) is 0 Å². The fraction of sp³-hybridized carbons (Fsp3) is 0.929. The third-order valence-electron chi connectivity index (χ3n) is 3.08. The summed E-state index contributed by atoms with van der Waals surface area (Å²) in [5, 5.41) is 0. The molecule has 1 heterocycles. The predicted molar refractivity (Wildman–Crippen MR) is 79.0 cm³/mol. The van der Waals surface area contributed by atoms with Crippen LogP contribution in [0, 0.1) is 12.0 Å². The van der Waals surface area contributed by atoms with E-state index in [1.165, 1.54) is 0 Å². The Labute approximate surface area is 120 Å². The van der Waals surface area contributed by atoms with E-state index >= 15 is 0 Å². The molecule has 19 heavy (non-hydrogen) atoms. The van der Waals surface area contributed by atoms with Crippen molar-refractivity contribution in [2.75, 3.05) is 33.0 Å². The highest BCUT2D eigenvalue weighted by atomic mass is 28.1. The predicted octanol–water partition coefficient (Wildman–Crippen LogP) is 1.46. The van der Waals surface area contributed by atoms with Gasteiger partial charge in [-0.25, -0.2) is 0 Å². The van der Waals surface area contributed by atoms with Crippen molar-refractivity contribution in [2.45, 2.75) is 45.4 Å². The molecule has 0 aliphatic carbocycles. The van der Waals surface area contributed by atoms with E-state index < -0.39 is 5.41 Å². The van der Waals surface area contributed by atoms with E-state index in [4.69, 9.17) is 18.9 Å². The zero-order chi connectivity index (χ0) is 14.1. The smallest absolute Gasteiger partial charge is 0.172 e. The lowest BCUT2D eigenvalue weighted by Crippen LogP contribution is -2.52. The minimum atomic E-state index is -0.602. The Hall–Kier alpha value is 0.0569. The molecule has 0 aromatic rings. The van der Waals surface area contributed by atoms with Gasteiger partial charge in [-0.1, -0.05) is 20.8 Å². The van der Waals surface area contributed by atoms with Crippen molar-refractivity contribution in [3.05, 3.63) is 6.10 Å². The molecule has 0 N–H and O–H groups in total. The highest BCUT2D eigenvalue weighted by Gasteiger charge is 2.45. The van der Waals surface area contributed by atoms with Crippen LogP contribution in [0.5, 0.6) is 0 Å². The van der Waals surface area contributed by atoms with Gasteiger partial charge in [-0.05, 0) is 19.3 Å². The molecule has 1 radical (unpaired) electrons. The Kier molecular flexibility index (Phi) is 8.17. The topological polar surface area (TPSA) is 36.9 Å². The zero-order valence-electron chi connectivity index (χ0n) is 12.9. The van der Waals surface area contributed by atoms with Gasteiger partial charge >= 0.3 is 0 Å². The van der Waals surface area contributed by atoms with Gasteiger partial charge < -0.3 is 18.9 Å². The van der Waals surface area contributed by atoms with E-state index in [-0.39, 0.29) is 0 Å². The standard InChI is InChI=1S/C14H29O4Si/c1-4-7-16-13(12-10-15-11-12)14(19,17-8-5-2)18-9-6-3/h12H,4-11H2,1-3,19H3. The Morgan fingerprint density at radius 2 is 1.58 bits per heavy atom. The number of hydrogen-bond acceptors (Lipinski definition) is 4. The van der Waals surface area contributed by atoms with Crippen LogP contribution in [0.15, 0.2) is 0 Å². The molecular weight excluding hydrogens is 260 g/mol. The summed E-state index contributed by atoms with van der Waals surface area (Å²) in [4.78, 5) is 0. The first-order valence-electron chi connectivity index (χ1n) is 7.53. The minimum absolute atomic E-state index is 0.331. The van der Waals surface area contributed by atoms with Gasteiger partial charge in [0.1, 0.15) is 0 Å². The quantitative estimate of drug-likeness (QED) is 0.426. The monoisotopic (exact) mass is 289 g/mol. The summed E-state index contributed by atoms with van der Waals surface area (Å²) in [5.74, 6) is 0.331. The van der Waals surface area contributed by atoms with Gasteiger partial charge in [-0.3, -0.25) is 0 Å². The molecule has 0 aromatic heterocycles. The Morgan fingerprint density at radius 1 is 1.05 bits per heavy atom. The number of ether oxygens (including phenoxy) is 4. The van der Waals surface area contributed by atoms with Crippen LogP contribution in [0.25, 0.3) is 0 Å². The lowest BCUT2D eigenvalue weighted by atomic mass is 9.99. The average molecular weight is 289 g/mol. The summed E-state index contributed by atoms with van der Waals surface area (Å²) in [6.45, 7) is 9.94. The molecule has 0 bridgehead atoms. The van der Waals surface area contributed by atoms with Crippen molar-refractivity contribution in [2.24, 2.45) is 5.92 Å². The van der Waals surface area contributed by atoms with Crippen LogP contribution < -0.4 is 0 Å². The molecule has 5 heteroatoms. The molecule has 0 saturated carbocycles. The van der Waals surface area contributed by atoms with Crippen molar-refractivity contribution in [3.8, 4) is 0 Å². The maximum absolute atomic E-state index is 6.02. The van der Waals surface area contributed by atoms with Crippen LogP contribution in [0.4, 0.5) is 0 Å². The fourth-order valence-electron chi connectivity index (χ4n) is 2.00. The molecule has 0 unspecified atom stereocenters. The molecule has 0 aromatic carbocycles. The summed E-state index contributed by atoms with van der Waals surface area (Å²) >= 11 is 0. The van der Waals surface area contributed by atoms with Gasteiger partial charge in [0.15, 0.2) is 11.5 Å². The molecule has 0 spiro atoms. The van der Waals surface area contributed by atoms with E-state index in [2.05, 4.69) is 20.8 Å². The van der Waals surface area contributed by atoms with Crippen LogP contribution in [0.1, 0.15) is 40.0 Å². The van der Waals surface area contributed by atoms with Gasteiger partial charge in [-0.2, -0.15) is 0 Å². The number of rotatable bonds is 11. The van der Waals surface area contributed by atoms with Crippen molar-refractivity contribution in [3.63, 3.8) is 0 Å². The fourth-order valence-corrected chi connectivity index (χ4v) is 2.96. The zero-order valence-corrected chi connectivity index (χ0v) is 14.9. The Morgan fingerprint density at radius 3 is 1.95 bits per heavy atom. The second-order valence-corrected chi connectivity index (χ2v) is 6.41. The van der Waals surface area contributed by atoms with Gasteiger partial charge in [0.05, 0.1) is 23.5 Å². The largest absolute Gasteiger partial charge is 0.380 e. The normalized spacial score (nSPS) is 17.1. The van der Waals surface area contributed by atoms with E-state index in [1.54, 1.807) is 0 Å². The van der Waals surface area contributed by atoms with Crippen LogP contribution in [0.2, 0.25) is 0 Å². The third kappa shape index (κ3) is 5.15. The first kappa shape index (κ1) is 17.1. The van der Waals surface area contributed by atoms with Crippen molar-refractivity contribution in [1.29, 1.82) is 0 Å². The van der Waals surface area contributed by atoms with E-state index in [9.17, 15) is 0 Å². The van der Waals surface area contributed by atoms with Crippen LogP contribution in [0.3, 0.4) is 0 Å². The third-order valence-corrected chi connectivity index (χ3v) is 4.15. The summed E-state index contributed by atoms with van der Waals surface area (Å²) in [6.07, 6.45) is 3.94. The van der Waals surface area contributed by atoms with Crippen LogP contribution >= 0.6 is 0 Å². The lowest BCUT2D eigenvalue weighted by Gasteiger charge is -2.43. The molecule has 1 saturated heterocycles. The molecule has 0 amide bonds. The highest BCUT2D eigenvalue weighted by molar-refractivity contribution is 6.14. The van der Waals surface area contributed by atoms with Crippen LogP contribution in [-0.4, -0.2) is 48.7 Å². The molecule has 113 valence electrons. The van der Waals surface area contributed by atoms with Gasteiger partial charge in [-0.15, -0.1) is 0 Å².